The Morgan fingerprint density at radius 2 is 2.18 bits per heavy atom. The highest BCUT2D eigenvalue weighted by Gasteiger charge is 2.18. The maximum absolute atomic E-state index is 12.3. The fourth-order valence-corrected chi connectivity index (χ4v) is 2.07. The Hall–Kier alpha value is -1.55. The van der Waals surface area contributed by atoms with Gasteiger partial charge in [0.1, 0.15) is 0 Å². The quantitative estimate of drug-likeness (QED) is 0.712. The third-order valence-electron chi connectivity index (χ3n) is 3.07. The maximum atomic E-state index is 12.3. The molecule has 17 heavy (non-hydrogen) atoms. The molecule has 1 aromatic rings. The van der Waals surface area contributed by atoms with Crippen LogP contribution in [-0.2, 0) is 0 Å². The molecule has 1 aliphatic heterocycles. The van der Waals surface area contributed by atoms with E-state index >= 15 is 0 Å². The monoisotopic (exact) mass is 233 g/mol. The van der Waals surface area contributed by atoms with Crippen LogP contribution in [0.15, 0.2) is 18.2 Å². The van der Waals surface area contributed by atoms with Crippen molar-refractivity contribution in [1.29, 1.82) is 0 Å². The molecule has 0 bridgehead atoms. The van der Waals surface area contributed by atoms with Gasteiger partial charge in [-0.2, -0.15) is 0 Å². The molecule has 1 aromatic carbocycles. The van der Waals surface area contributed by atoms with Crippen molar-refractivity contribution in [3.05, 3.63) is 29.3 Å². The number of hydrogen-bond donors (Lipinski definition) is 2. The van der Waals surface area contributed by atoms with E-state index in [0.717, 1.165) is 38.2 Å². The van der Waals surface area contributed by atoms with E-state index in [1.165, 1.54) is 0 Å². The molecule has 1 fully saturated rings. The maximum Gasteiger partial charge on any atom is 0.255 e. The summed E-state index contributed by atoms with van der Waals surface area (Å²) in [6, 6.07) is 5.60. The molecule has 1 saturated heterocycles. The topological polar surface area (TPSA) is 58.4 Å². The zero-order chi connectivity index (χ0) is 12.3. The van der Waals surface area contributed by atoms with Gasteiger partial charge in [0.2, 0.25) is 0 Å². The first kappa shape index (κ1) is 11.9. The number of nitrogen functional groups attached to an aromatic ring is 1. The van der Waals surface area contributed by atoms with E-state index in [2.05, 4.69) is 5.32 Å². The lowest BCUT2D eigenvalue weighted by atomic mass is 10.1. The van der Waals surface area contributed by atoms with Crippen LogP contribution in [0.2, 0.25) is 0 Å². The standard InChI is InChI=1S/C13H19N3O/c1-10-3-4-12(14)11(9-10)13(17)16-7-2-5-15-6-8-16/h3-4,9,15H,2,5-8,14H2,1H3. The van der Waals surface area contributed by atoms with Crippen molar-refractivity contribution in [2.24, 2.45) is 0 Å². The van der Waals surface area contributed by atoms with Gasteiger partial charge in [-0.05, 0) is 32.0 Å². The first-order chi connectivity index (χ1) is 8.18. The average Bonchev–Trinajstić information content (AvgIpc) is 2.60. The van der Waals surface area contributed by atoms with Crippen molar-refractivity contribution >= 4 is 11.6 Å². The van der Waals surface area contributed by atoms with Crippen LogP contribution in [0.25, 0.3) is 0 Å². The largest absolute Gasteiger partial charge is 0.398 e. The number of benzene rings is 1. The lowest BCUT2D eigenvalue weighted by Crippen LogP contribution is -2.34. The van der Waals surface area contributed by atoms with Gasteiger partial charge in [-0.1, -0.05) is 11.6 Å². The number of carbonyl (C=O) groups excluding carboxylic acids is 1. The minimum absolute atomic E-state index is 0.0508. The van der Waals surface area contributed by atoms with Crippen LogP contribution in [0.1, 0.15) is 22.3 Å². The number of nitrogens with one attached hydrogen (secondary N) is 1. The SMILES string of the molecule is Cc1ccc(N)c(C(=O)N2CCCNCC2)c1. The number of rotatable bonds is 1. The molecule has 2 rings (SSSR count). The lowest BCUT2D eigenvalue weighted by Gasteiger charge is -2.21. The summed E-state index contributed by atoms with van der Waals surface area (Å²) >= 11 is 0. The van der Waals surface area contributed by atoms with Crippen molar-refractivity contribution in [2.45, 2.75) is 13.3 Å². The van der Waals surface area contributed by atoms with Crippen molar-refractivity contribution in [3.8, 4) is 0 Å². The second-order valence-electron chi connectivity index (χ2n) is 4.49. The van der Waals surface area contributed by atoms with E-state index in [4.69, 9.17) is 5.73 Å². The smallest absolute Gasteiger partial charge is 0.255 e. The summed E-state index contributed by atoms with van der Waals surface area (Å²) in [5.41, 5.74) is 8.14. The molecule has 92 valence electrons. The summed E-state index contributed by atoms with van der Waals surface area (Å²) in [6.45, 7) is 5.37. The molecule has 0 atom stereocenters. The minimum Gasteiger partial charge on any atom is -0.398 e. The molecular formula is C13H19N3O. The number of hydrogen-bond acceptors (Lipinski definition) is 3. The lowest BCUT2D eigenvalue weighted by molar-refractivity contribution is 0.0767. The first-order valence-corrected chi connectivity index (χ1v) is 6.04. The van der Waals surface area contributed by atoms with E-state index in [-0.39, 0.29) is 5.91 Å². The molecular weight excluding hydrogens is 214 g/mol. The van der Waals surface area contributed by atoms with Gasteiger partial charge in [-0.25, -0.2) is 0 Å². The number of carbonyl (C=O) groups is 1. The zero-order valence-corrected chi connectivity index (χ0v) is 10.2. The van der Waals surface area contributed by atoms with Crippen LogP contribution >= 0.6 is 0 Å². The number of aryl methyl sites for hydroxylation is 1. The Balaban J connectivity index is 2.20. The van der Waals surface area contributed by atoms with Crippen LogP contribution < -0.4 is 11.1 Å². The normalized spacial score (nSPS) is 16.6. The molecule has 1 heterocycles. The molecule has 0 unspecified atom stereocenters. The number of anilines is 1. The third-order valence-corrected chi connectivity index (χ3v) is 3.07. The summed E-state index contributed by atoms with van der Waals surface area (Å²) in [5, 5.41) is 3.28. The molecule has 3 N–H and O–H groups in total. The van der Waals surface area contributed by atoms with Gasteiger partial charge >= 0.3 is 0 Å². The van der Waals surface area contributed by atoms with Crippen LogP contribution in [0.4, 0.5) is 5.69 Å². The number of nitrogens with two attached hydrogens (primary N) is 1. The van der Waals surface area contributed by atoms with Crippen LogP contribution in [-0.4, -0.2) is 37.0 Å². The van der Waals surface area contributed by atoms with E-state index in [9.17, 15) is 4.79 Å². The predicted molar refractivity (Wildman–Crippen MR) is 69.0 cm³/mol. The van der Waals surface area contributed by atoms with Gasteiger partial charge in [0, 0.05) is 25.3 Å². The fraction of sp³-hybridized carbons (Fsp3) is 0.462. The van der Waals surface area contributed by atoms with Crippen molar-refractivity contribution in [3.63, 3.8) is 0 Å². The van der Waals surface area contributed by atoms with Crippen LogP contribution in [0.5, 0.6) is 0 Å². The number of nitrogens with zero attached hydrogens (tertiary/aromatic N) is 1. The summed E-state index contributed by atoms with van der Waals surface area (Å²) < 4.78 is 0. The van der Waals surface area contributed by atoms with Crippen molar-refractivity contribution in [1.82, 2.24) is 10.2 Å². The highest BCUT2D eigenvalue weighted by atomic mass is 16.2. The Bertz CT molecular complexity index is 409. The second kappa shape index (κ2) is 5.19. The van der Waals surface area contributed by atoms with Crippen LogP contribution in [0.3, 0.4) is 0 Å². The van der Waals surface area contributed by atoms with Gasteiger partial charge in [-0.15, -0.1) is 0 Å². The summed E-state index contributed by atoms with van der Waals surface area (Å²) in [5.74, 6) is 0.0508. The Labute approximate surface area is 102 Å². The molecule has 4 heteroatoms. The van der Waals surface area contributed by atoms with E-state index in [0.29, 0.717) is 11.3 Å². The predicted octanol–water partition coefficient (Wildman–Crippen LogP) is 1.01. The highest BCUT2D eigenvalue weighted by Crippen LogP contribution is 2.16. The highest BCUT2D eigenvalue weighted by molar-refractivity contribution is 5.99. The molecule has 1 aliphatic rings. The molecule has 0 spiro atoms. The molecule has 0 saturated carbocycles. The minimum atomic E-state index is 0.0508. The second-order valence-corrected chi connectivity index (χ2v) is 4.49. The Kier molecular flexibility index (Phi) is 3.64. The van der Waals surface area contributed by atoms with E-state index in [1.54, 1.807) is 6.07 Å². The molecule has 1 amide bonds. The van der Waals surface area contributed by atoms with Gasteiger partial charge < -0.3 is 16.0 Å². The Morgan fingerprint density at radius 1 is 1.35 bits per heavy atom. The molecule has 0 aromatic heterocycles. The zero-order valence-electron chi connectivity index (χ0n) is 10.2. The molecule has 0 radical (unpaired) electrons. The van der Waals surface area contributed by atoms with Gasteiger partial charge in [0.25, 0.3) is 5.91 Å². The summed E-state index contributed by atoms with van der Waals surface area (Å²) in [6.07, 6.45) is 0.997. The fourth-order valence-electron chi connectivity index (χ4n) is 2.07. The van der Waals surface area contributed by atoms with Gasteiger partial charge in [-0.3, -0.25) is 4.79 Å². The average molecular weight is 233 g/mol. The summed E-state index contributed by atoms with van der Waals surface area (Å²) in [7, 11) is 0. The van der Waals surface area contributed by atoms with E-state index in [1.807, 2.05) is 24.0 Å². The van der Waals surface area contributed by atoms with E-state index < -0.39 is 0 Å². The van der Waals surface area contributed by atoms with Crippen molar-refractivity contribution in [2.75, 3.05) is 31.9 Å². The third kappa shape index (κ3) is 2.77. The molecule has 4 nitrogen and oxygen atoms in total. The van der Waals surface area contributed by atoms with Crippen molar-refractivity contribution < 1.29 is 4.79 Å². The number of amides is 1. The first-order valence-electron chi connectivity index (χ1n) is 6.04. The van der Waals surface area contributed by atoms with Gasteiger partial charge in [0.15, 0.2) is 0 Å². The summed E-state index contributed by atoms with van der Waals surface area (Å²) in [4.78, 5) is 14.2. The Morgan fingerprint density at radius 3 is 3.00 bits per heavy atom. The van der Waals surface area contributed by atoms with Crippen LogP contribution in [0, 0.1) is 6.92 Å². The molecule has 0 aliphatic carbocycles. The van der Waals surface area contributed by atoms with Gasteiger partial charge in [0.05, 0.1) is 5.56 Å².